The number of nitrogen functional groups attached to an aromatic ring is 1. The zero-order valence-corrected chi connectivity index (χ0v) is 15.8. The van der Waals surface area contributed by atoms with Crippen molar-refractivity contribution < 1.29 is 13.9 Å². The number of nitrogens with two attached hydrogens (primary N) is 1. The van der Waals surface area contributed by atoms with Crippen molar-refractivity contribution in [3.05, 3.63) is 54.0 Å². The molecule has 4 N–H and O–H groups in total. The molecule has 2 heterocycles. The first kappa shape index (κ1) is 19.3. The van der Waals surface area contributed by atoms with Crippen LogP contribution in [0.2, 0.25) is 0 Å². The van der Waals surface area contributed by atoms with Crippen LogP contribution in [0.4, 0.5) is 5.95 Å². The lowest BCUT2D eigenvalue weighted by Gasteiger charge is -2.04. The van der Waals surface area contributed by atoms with E-state index in [1.807, 2.05) is 24.3 Å². The van der Waals surface area contributed by atoms with Crippen LogP contribution in [0, 0.1) is 0 Å². The minimum absolute atomic E-state index is 0.144. The monoisotopic (exact) mass is 401 g/mol. The van der Waals surface area contributed by atoms with Gasteiger partial charge >= 0.3 is 0 Å². The molecule has 1 aromatic carbocycles. The maximum absolute atomic E-state index is 11.9. The van der Waals surface area contributed by atoms with Crippen LogP contribution in [0.5, 0.6) is 5.75 Å². The summed E-state index contributed by atoms with van der Waals surface area (Å²) in [5, 5.41) is 15.1. The molecule has 10 nitrogen and oxygen atoms in total. The summed E-state index contributed by atoms with van der Waals surface area (Å²) in [6, 6.07) is 10.9. The number of aromatic nitrogens is 3. The Morgan fingerprint density at radius 3 is 2.89 bits per heavy atom. The third kappa shape index (κ3) is 5.27. The molecule has 11 heteroatoms. The summed E-state index contributed by atoms with van der Waals surface area (Å²) in [6.45, 7) is 0.328. The van der Waals surface area contributed by atoms with Crippen LogP contribution in [0.3, 0.4) is 0 Å². The van der Waals surface area contributed by atoms with E-state index in [0.717, 1.165) is 23.1 Å². The highest BCUT2D eigenvalue weighted by Crippen LogP contribution is 2.16. The summed E-state index contributed by atoms with van der Waals surface area (Å²) in [6.07, 6.45) is 3.17. The maximum atomic E-state index is 11.9. The lowest BCUT2D eigenvalue weighted by Crippen LogP contribution is -2.24. The number of thioether (sulfide) groups is 1. The number of benzene rings is 1. The second-order valence-electron chi connectivity index (χ2n) is 5.46. The second-order valence-corrected chi connectivity index (χ2v) is 6.41. The molecule has 0 radical (unpaired) electrons. The van der Waals surface area contributed by atoms with Gasteiger partial charge in [0.15, 0.2) is 0 Å². The highest BCUT2D eigenvalue weighted by atomic mass is 32.2. The Bertz CT molecular complexity index is 923. The van der Waals surface area contributed by atoms with Gasteiger partial charge in [0.05, 0.1) is 31.9 Å². The van der Waals surface area contributed by atoms with E-state index in [1.54, 1.807) is 31.7 Å². The van der Waals surface area contributed by atoms with Gasteiger partial charge in [-0.3, -0.25) is 4.79 Å². The summed E-state index contributed by atoms with van der Waals surface area (Å²) in [5.41, 5.74) is 3.59. The molecular formula is C17H19N7O3S. The Hall–Kier alpha value is -3.47. The molecule has 146 valence electrons. The molecule has 0 aliphatic carbocycles. The quantitative estimate of drug-likeness (QED) is 0.212. The molecule has 0 unspecified atom stereocenters. The average molecular weight is 401 g/mol. The molecule has 0 spiro atoms. The molecule has 0 aliphatic rings. The summed E-state index contributed by atoms with van der Waals surface area (Å²) >= 11 is 1.16. The predicted octanol–water partition coefficient (Wildman–Crippen LogP) is 1.45. The Labute approximate surface area is 165 Å². The lowest BCUT2D eigenvalue weighted by molar-refractivity contribution is -0.118. The number of anilines is 1. The Morgan fingerprint density at radius 2 is 2.18 bits per heavy atom. The fourth-order valence-corrected chi connectivity index (χ4v) is 2.77. The van der Waals surface area contributed by atoms with Gasteiger partial charge in [-0.1, -0.05) is 11.8 Å². The number of carbonyl (C=O) groups is 1. The number of rotatable bonds is 9. The smallest absolute Gasteiger partial charge is 0.264 e. The van der Waals surface area contributed by atoms with Crippen LogP contribution in [0.15, 0.2) is 57.3 Å². The number of ether oxygens (including phenoxy) is 1. The summed E-state index contributed by atoms with van der Waals surface area (Å²) in [4.78, 5) is 11.9. The van der Waals surface area contributed by atoms with Gasteiger partial charge in [0, 0.05) is 0 Å². The van der Waals surface area contributed by atoms with E-state index in [9.17, 15) is 4.79 Å². The highest BCUT2D eigenvalue weighted by molar-refractivity contribution is 7.99. The molecule has 0 fully saturated rings. The maximum Gasteiger partial charge on any atom is 0.264 e. The van der Waals surface area contributed by atoms with Crippen LogP contribution in [0.25, 0.3) is 0 Å². The highest BCUT2D eigenvalue weighted by Gasteiger charge is 2.12. The SMILES string of the molecule is COc1ccc(/C=N/Nc2nnc(SCC(=O)NCc3ccco3)n2N)cc1. The van der Waals surface area contributed by atoms with Gasteiger partial charge in [-0.05, 0) is 42.0 Å². The van der Waals surface area contributed by atoms with Crippen molar-refractivity contribution in [2.45, 2.75) is 11.7 Å². The first-order chi connectivity index (χ1) is 13.7. The molecular weight excluding hydrogens is 382 g/mol. The van der Waals surface area contributed by atoms with Gasteiger partial charge in [0.1, 0.15) is 11.5 Å². The van der Waals surface area contributed by atoms with Crippen molar-refractivity contribution in [2.24, 2.45) is 5.10 Å². The third-order valence-electron chi connectivity index (χ3n) is 3.53. The topological polar surface area (TPSA) is 133 Å². The molecule has 0 bridgehead atoms. The summed E-state index contributed by atoms with van der Waals surface area (Å²) in [7, 11) is 1.61. The standard InChI is InChI=1S/C17H19N7O3S/c1-26-13-6-4-12(5-7-13)9-20-21-16-22-23-17(24(16)18)28-11-15(25)19-10-14-3-2-8-27-14/h2-9H,10-11,18H2,1H3,(H,19,25)(H,21,22)/b20-9+. The lowest BCUT2D eigenvalue weighted by atomic mass is 10.2. The van der Waals surface area contributed by atoms with Crippen molar-refractivity contribution in [3.63, 3.8) is 0 Å². The zero-order valence-electron chi connectivity index (χ0n) is 15.0. The second kappa shape index (κ2) is 9.46. The molecule has 1 amide bonds. The first-order valence-electron chi connectivity index (χ1n) is 8.21. The van der Waals surface area contributed by atoms with E-state index >= 15 is 0 Å². The van der Waals surface area contributed by atoms with E-state index < -0.39 is 0 Å². The van der Waals surface area contributed by atoms with Crippen LogP contribution in [-0.2, 0) is 11.3 Å². The van der Waals surface area contributed by atoms with Gasteiger partial charge < -0.3 is 20.3 Å². The molecule has 0 saturated carbocycles. The molecule has 28 heavy (non-hydrogen) atoms. The van der Waals surface area contributed by atoms with Crippen molar-refractivity contribution in [2.75, 3.05) is 24.1 Å². The number of furan rings is 1. The van der Waals surface area contributed by atoms with Crippen molar-refractivity contribution in [3.8, 4) is 5.75 Å². The number of nitrogens with zero attached hydrogens (tertiary/aromatic N) is 4. The fourth-order valence-electron chi connectivity index (χ4n) is 2.09. The van der Waals surface area contributed by atoms with Crippen molar-refractivity contribution in [1.29, 1.82) is 0 Å². The van der Waals surface area contributed by atoms with Crippen LogP contribution < -0.4 is 21.3 Å². The largest absolute Gasteiger partial charge is 0.497 e. The van der Waals surface area contributed by atoms with Gasteiger partial charge in [-0.25, -0.2) is 10.1 Å². The van der Waals surface area contributed by atoms with Gasteiger partial charge in [0.25, 0.3) is 5.95 Å². The van der Waals surface area contributed by atoms with E-state index in [1.165, 1.54) is 4.68 Å². The number of hydrogen-bond donors (Lipinski definition) is 3. The van der Waals surface area contributed by atoms with E-state index in [4.69, 9.17) is 15.0 Å². The number of hydrazone groups is 1. The average Bonchev–Trinajstić information content (AvgIpc) is 3.36. The van der Waals surface area contributed by atoms with E-state index in [0.29, 0.717) is 17.5 Å². The first-order valence-corrected chi connectivity index (χ1v) is 9.20. The summed E-state index contributed by atoms with van der Waals surface area (Å²) < 4.78 is 11.5. The zero-order chi connectivity index (χ0) is 19.8. The van der Waals surface area contributed by atoms with Gasteiger partial charge in [0.2, 0.25) is 11.1 Å². The van der Waals surface area contributed by atoms with Crippen LogP contribution in [-0.4, -0.2) is 39.9 Å². The van der Waals surface area contributed by atoms with Crippen LogP contribution >= 0.6 is 11.8 Å². The minimum Gasteiger partial charge on any atom is -0.497 e. The Kier molecular flexibility index (Phi) is 6.52. The number of hydrogen-bond acceptors (Lipinski definition) is 9. The van der Waals surface area contributed by atoms with Crippen LogP contribution in [0.1, 0.15) is 11.3 Å². The van der Waals surface area contributed by atoms with Crippen molar-refractivity contribution in [1.82, 2.24) is 20.2 Å². The number of carbonyl (C=O) groups excluding carboxylic acids is 1. The molecule has 0 saturated heterocycles. The molecule has 0 aliphatic heterocycles. The molecule has 0 atom stereocenters. The normalized spacial score (nSPS) is 10.9. The predicted molar refractivity (Wildman–Crippen MR) is 106 cm³/mol. The number of amides is 1. The number of nitrogens with one attached hydrogen (secondary N) is 2. The van der Waals surface area contributed by atoms with E-state index in [-0.39, 0.29) is 17.6 Å². The van der Waals surface area contributed by atoms with Gasteiger partial charge in [-0.15, -0.1) is 10.2 Å². The third-order valence-corrected chi connectivity index (χ3v) is 4.47. The Morgan fingerprint density at radius 1 is 1.36 bits per heavy atom. The fraction of sp³-hybridized carbons (Fsp3) is 0.176. The minimum atomic E-state index is -0.170. The molecule has 2 aromatic heterocycles. The molecule has 3 aromatic rings. The van der Waals surface area contributed by atoms with Crippen molar-refractivity contribution >= 4 is 29.8 Å². The van der Waals surface area contributed by atoms with E-state index in [2.05, 4.69) is 26.0 Å². The Balaban J connectivity index is 1.47. The summed E-state index contributed by atoms with van der Waals surface area (Å²) in [5.74, 6) is 7.60. The van der Waals surface area contributed by atoms with Gasteiger partial charge in [-0.2, -0.15) is 5.10 Å². The molecule has 3 rings (SSSR count). The number of methoxy groups -OCH3 is 1.